The first-order valence-electron chi connectivity index (χ1n) is 4.50. The van der Waals surface area contributed by atoms with Gasteiger partial charge >= 0.3 is 0 Å². The van der Waals surface area contributed by atoms with Crippen LogP contribution in [-0.2, 0) is 4.79 Å². The molecule has 15 heavy (non-hydrogen) atoms. The Morgan fingerprint density at radius 2 is 1.80 bits per heavy atom. The number of hydrogen-bond donors (Lipinski definition) is 0. The van der Waals surface area contributed by atoms with Gasteiger partial charge in [-0.3, -0.25) is 0 Å². The van der Waals surface area contributed by atoms with Crippen molar-refractivity contribution in [2.24, 2.45) is 0 Å². The molecule has 0 bridgehead atoms. The first-order chi connectivity index (χ1) is 7.13. The summed E-state index contributed by atoms with van der Waals surface area (Å²) in [5, 5.41) is 0.507. The van der Waals surface area contributed by atoms with Crippen LogP contribution in [0.4, 0.5) is 0 Å². The number of rotatable bonds is 4. The largest absolute Gasteiger partial charge is 0.493 e. The normalized spacial score (nSPS) is 12.0. The third kappa shape index (κ3) is 2.42. The second-order valence-corrected chi connectivity index (χ2v) is 3.56. The number of aldehydes is 1. The van der Waals surface area contributed by atoms with Gasteiger partial charge in [0.15, 0.2) is 11.5 Å². The van der Waals surface area contributed by atoms with Gasteiger partial charge in [-0.1, -0.05) is 18.5 Å². The van der Waals surface area contributed by atoms with Crippen molar-refractivity contribution in [3.8, 4) is 11.5 Å². The average molecular weight is 229 g/mol. The van der Waals surface area contributed by atoms with Gasteiger partial charge in [-0.05, 0) is 11.6 Å². The number of benzene rings is 1. The molecule has 1 aromatic rings. The molecule has 0 aliphatic rings. The second-order valence-electron chi connectivity index (χ2n) is 3.15. The van der Waals surface area contributed by atoms with Crippen molar-refractivity contribution in [3.05, 3.63) is 22.7 Å². The van der Waals surface area contributed by atoms with E-state index in [2.05, 4.69) is 0 Å². The Labute approximate surface area is 93.9 Å². The van der Waals surface area contributed by atoms with Gasteiger partial charge in [-0.15, -0.1) is 0 Å². The van der Waals surface area contributed by atoms with Gasteiger partial charge in [0.2, 0.25) is 0 Å². The Morgan fingerprint density at radius 3 is 2.27 bits per heavy atom. The van der Waals surface area contributed by atoms with Crippen LogP contribution in [0.2, 0.25) is 5.02 Å². The van der Waals surface area contributed by atoms with E-state index in [0.29, 0.717) is 16.5 Å². The molecule has 0 spiro atoms. The lowest BCUT2D eigenvalue weighted by Gasteiger charge is -2.13. The molecule has 82 valence electrons. The van der Waals surface area contributed by atoms with Gasteiger partial charge in [0.05, 0.1) is 14.2 Å². The first kappa shape index (κ1) is 11.9. The van der Waals surface area contributed by atoms with Gasteiger partial charge in [-0.2, -0.15) is 0 Å². The van der Waals surface area contributed by atoms with Crippen LogP contribution in [0.3, 0.4) is 0 Å². The van der Waals surface area contributed by atoms with E-state index in [1.54, 1.807) is 26.2 Å². The highest BCUT2D eigenvalue weighted by atomic mass is 35.5. The van der Waals surface area contributed by atoms with Crippen molar-refractivity contribution in [2.75, 3.05) is 14.2 Å². The monoisotopic (exact) mass is 228 g/mol. The second kappa shape index (κ2) is 5.03. The van der Waals surface area contributed by atoms with Crippen molar-refractivity contribution in [1.82, 2.24) is 0 Å². The molecule has 0 aromatic heterocycles. The molecule has 1 atom stereocenters. The summed E-state index contributed by atoms with van der Waals surface area (Å²) in [7, 11) is 3.08. The fourth-order valence-electron chi connectivity index (χ4n) is 1.29. The minimum absolute atomic E-state index is 0.252. The summed E-state index contributed by atoms with van der Waals surface area (Å²) < 4.78 is 10.2. The molecule has 0 heterocycles. The van der Waals surface area contributed by atoms with Gasteiger partial charge in [-0.25, -0.2) is 0 Å². The lowest BCUT2D eigenvalue weighted by molar-refractivity contribution is -0.108. The molecule has 0 amide bonds. The molecule has 1 unspecified atom stereocenters. The summed E-state index contributed by atoms with van der Waals surface area (Å²) in [6, 6.07) is 3.37. The Bertz CT molecular complexity index is 363. The van der Waals surface area contributed by atoms with E-state index in [4.69, 9.17) is 21.1 Å². The first-order valence-corrected chi connectivity index (χ1v) is 4.88. The van der Waals surface area contributed by atoms with Crippen molar-refractivity contribution in [2.45, 2.75) is 12.8 Å². The third-order valence-corrected chi connectivity index (χ3v) is 2.52. The number of carbonyl (C=O) groups excluding carboxylic acids is 1. The van der Waals surface area contributed by atoms with Crippen molar-refractivity contribution >= 4 is 17.9 Å². The van der Waals surface area contributed by atoms with E-state index in [9.17, 15) is 4.79 Å². The maximum Gasteiger partial charge on any atom is 0.162 e. The summed E-state index contributed by atoms with van der Waals surface area (Å²) in [5.74, 6) is 0.882. The van der Waals surface area contributed by atoms with E-state index < -0.39 is 0 Å². The lowest BCUT2D eigenvalue weighted by atomic mass is 10.0. The Balaban J connectivity index is 3.25. The standard InChI is InChI=1S/C11H13ClO3/c1-7(6-13)8-4-10(14-2)11(15-3)5-9(8)12/h4-7H,1-3H3. The van der Waals surface area contributed by atoms with Gasteiger partial charge < -0.3 is 14.3 Å². The predicted molar refractivity (Wildman–Crippen MR) is 59.0 cm³/mol. The summed E-state index contributed by atoms with van der Waals surface area (Å²) in [6.07, 6.45) is 0.840. The quantitative estimate of drug-likeness (QED) is 0.744. The highest BCUT2D eigenvalue weighted by molar-refractivity contribution is 6.31. The van der Waals surface area contributed by atoms with E-state index in [0.717, 1.165) is 11.8 Å². The summed E-state index contributed by atoms with van der Waals surface area (Å²) in [4.78, 5) is 10.7. The third-order valence-electron chi connectivity index (χ3n) is 2.20. The molecule has 0 saturated heterocycles. The average Bonchev–Trinajstić information content (AvgIpc) is 2.27. The molecule has 0 aliphatic heterocycles. The SMILES string of the molecule is COc1cc(Cl)c(C(C)C=O)cc1OC. The number of ether oxygens (including phenoxy) is 2. The van der Waals surface area contributed by atoms with Crippen molar-refractivity contribution in [1.29, 1.82) is 0 Å². The number of halogens is 1. The number of methoxy groups -OCH3 is 2. The minimum Gasteiger partial charge on any atom is -0.493 e. The lowest BCUT2D eigenvalue weighted by Crippen LogP contribution is -1.98. The van der Waals surface area contributed by atoms with E-state index >= 15 is 0 Å². The van der Waals surface area contributed by atoms with E-state index in [-0.39, 0.29) is 5.92 Å². The topological polar surface area (TPSA) is 35.5 Å². The maximum atomic E-state index is 10.7. The molecule has 0 radical (unpaired) electrons. The van der Waals surface area contributed by atoms with Crippen LogP contribution in [0.25, 0.3) is 0 Å². The van der Waals surface area contributed by atoms with Crippen LogP contribution in [0.15, 0.2) is 12.1 Å². The highest BCUT2D eigenvalue weighted by Crippen LogP contribution is 2.35. The number of carbonyl (C=O) groups is 1. The zero-order valence-corrected chi connectivity index (χ0v) is 9.67. The van der Waals surface area contributed by atoms with Crippen LogP contribution in [0.1, 0.15) is 18.4 Å². The molecular formula is C11H13ClO3. The van der Waals surface area contributed by atoms with Crippen LogP contribution < -0.4 is 9.47 Å². The summed E-state index contributed by atoms with van der Waals surface area (Å²) in [5.41, 5.74) is 0.740. The Morgan fingerprint density at radius 1 is 1.27 bits per heavy atom. The van der Waals surface area contributed by atoms with E-state index in [1.807, 2.05) is 0 Å². The van der Waals surface area contributed by atoms with Crippen molar-refractivity contribution in [3.63, 3.8) is 0 Å². The number of hydrogen-bond acceptors (Lipinski definition) is 3. The smallest absolute Gasteiger partial charge is 0.162 e. The zero-order valence-electron chi connectivity index (χ0n) is 8.91. The van der Waals surface area contributed by atoms with Crippen LogP contribution >= 0.6 is 11.6 Å². The molecule has 0 aliphatic carbocycles. The van der Waals surface area contributed by atoms with E-state index in [1.165, 1.54) is 7.11 Å². The predicted octanol–water partition coefficient (Wildman–Crippen LogP) is 2.66. The fraction of sp³-hybridized carbons (Fsp3) is 0.364. The van der Waals surface area contributed by atoms with Gasteiger partial charge in [0, 0.05) is 17.0 Å². The Hall–Kier alpha value is -1.22. The van der Waals surface area contributed by atoms with Gasteiger partial charge in [0.1, 0.15) is 6.29 Å². The van der Waals surface area contributed by atoms with Crippen molar-refractivity contribution < 1.29 is 14.3 Å². The summed E-state index contributed by atoms with van der Waals surface area (Å²) >= 11 is 6.02. The molecule has 3 nitrogen and oxygen atoms in total. The fourth-order valence-corrected chi connectivity index (χ4v) is 1.62. The molecule has 0 N–H and O–H groups in total. The zero-order chi connectivity index (χ0) is 11.4. The van der Waals surface area contributed by atoms with Crippen LogP contribution in [-0.4, -0.2) is 20.5 Å². The highest BCUT2D eigenvalue weighted by Gasteiger charge is 2.14. The molecular weight excluding hydrogens is 216 g/mol. The van der Waals surface area contributed by atoms with Crippen LogP contribution in [0, 0.1) is 0 Å². The molecule has 0 fully saturated rings. The van der Waals surface area contributed by atoms with Crippen LogP contribution in [0.5, 0.6) is 11.5 Å². The summed E-state index contributed by atoms with van der Waals surface area (Å²) in [6.45, 7) is 1.78. The molecule has 1 rings (SSSR count). The molecule has 1 aromatic carbocycles. The molecule has 4 heteroatoms. The Kier molecular flexibility index (Phi) is 3.97. The van der Waals surface area contributed by atoms with Gasteiger partial charge in [0.25, 0.3) is 0 Å². The minimum atomic E-state index is -0.252. The maximum absolute atomic E-state index is 10.7. The molecule has 0 saturated carbocycles.